The predicted octanol–water partition coefficient (Wildman–Crippen LogP) is 3.68. The molecule has 154 valence electrons. The van der Waals surface area contributed by atoms with Crippen molar-refractivity contribution in [3.8, 4) is 0 Å². The highest BCUT2D eigenvalue weighted by atomic mass is 16.2. The predicted molar refractivity (Wildman–Crippen MR) is 111 cm³/mol. The van der Waals surface area contributed by atoms with E-state index in [2.05, 4.69) is 23.7 Å². The zero-order valence-corrected chi connectivity index (χ0v) is 17.7. The number of likely N-dealkylation sites (N-methyl/N-ethyl adjacent to an activating group) is 1. The van der Waals surface area contributed by atoms with Gasteiger partial charge >= 0.3 is 0 Å². The highest BCUT2D eigenvalue weighted by Crippen LogP contribution is 2.47. The molecule has 2 heterocycles. The van der Waals surface area contributed by atoms with Gasteiger partial charge in [0.1, 0.15) is 0 Å². The number of hydrogen-bond acceptors (Lipinski definition) is 3. The second-order valence-electron chi connectivity index (χ2n) is 8.99. The molecule has 0 N–H and O–H groups in total. The molecular weight excluding hydrogens is 350 g/mol. The maximum Gasteiger partial charge on any atom is 0.230 e. The van der Waals surface area contributed by atoms with Gasteiger partial charge in [-0.25, -0.2) is 0 Å². The number of nitrogens with zero attached hydrogens (tertiary/aromatic N) is 3. The van der Waals surface area contributed by atoms with Crippen LogP contribution in [-0.2, 0) is 16.0 Å². The molecule has 1 aliphatic carbocycles. The van der Waals surface area contributed by atoms with Gasteiger partial charge in [0, 0.05) is 50.9 Å². The van der Waals surface area contributed by atoms with Crippen molar-refractivity contribution in [2.24, 2.45) is 11.3 Å². The fraction of sp³-hybridized carbons (Fsp3) is 0.696. The van der Waals surface area contributed by atoms with Crippen LogP contribution in [0.2, 0.25) is 0 Å². The van der Waals surface area contributed by atoms with Crippen molar-refractivity contribution in [1.82, 2.24) is 14.8 Å². The molecule has 1 aromatic heterocycles. The number of amides is 2. The molecule has 28 heavy (non-hydrogen) atoms. The summed E-state index contributed by atoms with van der Waals surface area (Å²) >= 11 is 0. The summed E-state index contributed by atoms with van der Waals surface area (Å²) in [6.07, 6.45) is 8.86. The lowest BCUT2D eigenvalue weighted by molar-refractivity contribution is -0.161. The van der Waals surface area contributed by atoms with E-state index in [1.165, 1.54) is 0 Å². The monoisotopic (exact) mass is 385 g/mol. The number of rotatable bonds is 7. The molecular formula is C23H35N3O2. The molecule has 3 rings (SSSR count). The molecule has 0 bridgehead atoms. The van der Waals surface area contributed by atoms with Crippen LogP contribution in [-0.4, -0.2) is 52.8 Å². The standard InChI is InChI=1S/C23H35N3O2/c1-18(2)11-17-26-20-9-4-6-13-23(20,14-10-21(26)27)22(28)25(3)16-12-19-8-5-7-15-24-19/h5,7-8,15,18,20H,4,6,9-14,16-17H2,1-3H3/t20-,23-/m1/s1. The molecule has 0 aromatic carbocycles. The van der Waals surface area contributed by atoms with E-state index in [4.69, 9.17) is 0 Å². The zero-order valence-electron chi connectivity index (χ0n) is 17.7. The first kappa shape index (κ1) is 20.8. The van der Waals surface area contributed by atoms with Gasteiger partial charge in [0.15, 0.2) is 0 Å². The van der Waals surface area contributed by atoms with E-state index in [1.807, 2.05) is 30.1 Å². The van der Waals surface area contributed by atoms with E-state index in [0.717, 1.165) is 50.8 Å². The molecule has 0 unspecified atom stereocenters. The van der Waals surface area contributed by atoms with E-state index in [-0.39, 0.29) is 23.3 Å². The van der Waals surface area contributed by atoms with Gasteiger partial charge in [-0.3, -0.25) is 14.6 Å². The number of carbonyl (C=O) groups excluding carboxylic acids is 2. The lowest BCUT2D eigenvalue weighted by Gasteiger charge is -2.52. The first-order chi connectivity index (χ1) is 13.4. The van der Waals surface area contributed by atoms with Crippen LogP contribution < -0.4 is 0 Å². The summed E-state index contributed by atoms with van der Waals surface area (Å²) in [5, 5.41) is 0. The molecule has 5 heteroatoms. The van der Waals surface area contributed by atoms with Gasteiger partial charge in [0.25, 0.3) is 0 Å². The van der Waals surface area contributed by atoms with Crippen LogP contribution in [0.5, 0.6) is 0 Å². The number of piperidine rings is 1. The topological polar surface area (TPSA) is 53.5 Å². The Hall–Kier alpha value is -1.91. The Labute approximate surface area is 169 Å². The van der Waals surface area contributed by atoms with Gasteiger partial charge in [0.2, 0.25) is 11.8 Å². The first-order valence-electron chi connectivity index (χ1n) is 10.9. The minimum Gasteiger partial charge on any atom is -0.345 e. The van der Waals surface area contributed by atoms with Crippen LogP contribution >= 0.6 is 0 Å². The van der Waals surface area contributed by atoms with Crippen molar-refractivity contribution in [3.63, 3.8) is 0 Å². The SMILES string of the molecule is CC(C)CCN1C(=O)CC[C@]2(C(=O)N(C)CCc3ccccn3)CCCC[C@@H]12. The van der Waals surface area contributed by atoms with Crippen LogP contribution in [0.25, 0.3) is 0 Å². The summed E-state index contributed by atoms with van der Waals surface area (Å²) < 4.78 is 0. The Morgan fingerprint density at radius 3 is 2.86 bits per heavy atom. The highest BCUT2D eigenvalue weighted by Gasteiger charge is 2.53. The molecule has 0 spiro atoms. The number of aromatic nitrogens is 1. The molecule has 5 nitrogen and oxygen atoms in total. The molecule has 1 saturated heterocycles. The molecule has 2 amide bonds. The summed E-state index contributed by atoms with van der Waals surface area (Å²) in [5.74, 6) is 1.03. The van der Waals surface area contributed by atoms with Crippen LogP contribution in [0.15, 0.2) is 24.4 Å². The molecule has 2 fully saturated rings. The van der Waals surface area contributed by atoms with E-state index >= 15 is 0 Å². The van der Waals surface area contributed by atoms with Crippen LogP contribution in [0.3, 0.4) is 0 Å². The van der Waals surface area contributed by atoms with Gasteiger partial charge in [-0.2, -0.15) is 0 Å². The van der Waals surface area contributed by atoms with Crippen molar-refractivity contribution < 1.29 is 9.59 Å². The Morgan fingerprint density at radius 2 is 2.14 bits per heavy atom. The van der Waals surface area contributed by atoms with Crippen molar-refractivity contribution in [2.75, 3.05) is 20.1 Å². The lowest BCUT2D eigenvalue weighted by Crippen LogP contribution is -2.62. The van der Waals surface area contributed by atoms with E-state index < -0.39 is 0 Å². The Balaban J connectivity index is 1.74. The van der Waals surface area contributed by atoms with Crippen molar-refractivity contribution >= 4 is 11.8 Å². The average Bonchev–Trinajstić information content (AvgIpc) is 2.71. The van der Waals surface area contributed by atoms with Crippen molar-refractivity contribution in [3.05, 3.63) is 30.1 Å². The summed E-state index contributed by atoms with van der Waals surface area (Å²) in [6.45, 7) is 5.84. The van der Waals surface area contributed by atoms with Gasteiger partial charge in [0.05, 0.1) is 5.41 Å². The highest BCUT2D eigenvalue weighted by molar-refractivity contribution is 5.88. The zero-order chi connectivity index (χ0) is 20.1. The molecule has 2 aliphatic rings. The van der Waals surface area contributed by atoms with E-state index in [9.17, 15) is 9.59 Å². The Morgan fingerprint density at radius 1 is 1.32 bits per heavy atom. The van der Waals surface area contributed by atoms with Crippen molar-refractivity contribution in [1.29, 1.82) is 0 Å². The summed E-state index contributed by atoms with van der Waals surface area (Å²) in [6, 6.07) is 5.98. The first-order valence-corrected chi connectivity index (χ1v) is 10.9. The summed E-state index contributed by atoms with van der Waals surface area (Å²) in [5.41, 5.74) is 0.624. The summed E-state index contributed by atoms with van der Waals surface area (Å²) in [4.78, 5) is 34.7. The molecule has 1 aromatic rings. The maximum atomic E-state index is 13.6. The molecule has 0 radical (unpaired) electrons. The third-order valence-electron chi connectivity index (χ3n) is 6.62. The number of carbonyl (C=O) groups is 2. The third-order valence-corrected chi connectivity index (χ3v) is 6.62. The smallest absolute Gasteiger partial charge is 0.230 e. The number of fused-ring (bicyclic) bond motifs is 1. The van der Waals surface area contributed by atoms with Crippen molar-refractivity contribution in [2.45, 2.75) is 71.3 Å². The quantitative estimate of drug-likeness (QED) is 0.719. The number of hydrogen-bond donors (Lipinski definition) is 0. The van der Waals surface area contributed by atoms with E-state index in [0.29, 0.717) is 25.3 Å². The Bertz CT molecular complexity index is 676. The average molecular weight is 386 g/mol. The van der Waals surface area contributed by atoms with Crippen LogP contribution in [0.1, 0.15) is 64.5 Å². The fourth-order valence-corrected chi connectivity index (χ4v) is 4.96. The van der Waals surface area contributed by atoms with Gasteiger partial charge in [-0.15, -0.1) is 0 Å². The summed E-state index contributed by atoms with van der Waals surface area (Å²) in [7, 11) is 1.92. The van der Waals surface area contributed by atoms with Gasteiger partial charge in [-0.05, 0) is 43.7 Å². The molecule has 1 aliphatic heterocycles. The lowest BCUT2D eigenvalue weighted by atomic mass is 9.64. The normalized spacial score (nSPS) is 24.9. The second kappa shape index (κ2) is 9.06. The van der Waals surface area contributed by atoms with E-state index in [1.54, 1.807) is 6.20 Å². The number of pyridine rings is 1. The molecule has 1 saturated carbocycles. The maximum absolute atomic E-state index is 13.6. The number of likely N-dealkylation sites (tertiary alicyclic amines) is 1. The second-order valence-corrected chi connectivity index (χ2v) is 8.99. The molecule has 2 atom stereocenters. The van der Waals surface area contributed by atoms with Crippen LogP contribution in [0.4, 0.5) is 0 Å². The van der Waals surface area contributed by atoms with Gasteiger partial charge < -0.3 is 9.80 Å². The largest absolute Gasteiger partial charge is 0.345 e. The third kappa shape index (κ3) is 4.39. The van der Waals surface area contributed by atoms with Gasteiger partial charge in [-0.1, -0.05) is 32.8 Å². The fourth-order valence-electron chi connectivity index (χ4n) is 4.96. The minimum atomic E-state index is -0.387. The minimum absolute atomic E-state index is 0.0750. The Kier molecular flexibility index (Phi) is 6.73. The van der Waals surface area contributed by atoms with Crippen LogP contribution in [0, 0.1) is 11.3 Å².